The van der Waals surface area contributed by atoms with E-state index in [4.69, 9.17) is 10.00 Å². The number of carbonyl (C=O) groups is 1. The molecule has 0 aromatic rings. The minimum Gasteiger partial charge on any atom is -0.459 e. The molecule has 0 aliphatic rings. The van der Waals surface area contributed by atoms with Crippen LogP contribution in [0.2, 0.25) is 0 Å². The van der Waals surface area contributed by atoms with Crippen molar-refractivity contribution in [1.82, 2.24) is 4.72 Å². The second-order valence-corrected chi connectivity index (χ2v) is 7.04. The van der Waals surface area contributed by atoms with Crippen molar-refractivity contribution in [3.63, 3.8) is 0 Å². The molecule has 1 atom stereocenters. The van der Waals surface area contributed by atoms with Crippen molar-refractivity contribution in [2.75, 3.05) is 5.75 Å². The van der Waals surface area contributed by atoms with Gasteiger partial charge in [0.25, 0.3) is 0 Å². The molecule has 6 nitrogen and oxygen atoms in total. The van der Waals surface area contributed by atoms with Gasteiger partial charge in [-0.2, -0.15) is 9.98 Å². The third-order valence-corrected chi connectivity index (χ3v) is 3.01. The van der Waals surface area contributed by atoms with Crippen LogP contribution in [-0.4, -0.2) is 31.8 Å². The van der Waals surface area contributed by atoms with E-state index in [0.29, 0.717) is 0 Å². The van der Waals surface area contributed by atoms with Crippen LogP contribution in [0, 0.1) is 17.2 Å². The summed E-state index contributed by atoms with van der Waals surface area (Å²) in [5, 5.41) is 8.39. The molecule has 0 spiro atoms. The highest BCUT2D eigenvalue weighted by Gasteiger charge is 2.31. The van der Waals surface area contributed by atoms with Crippen LogP contribution >= 0.6 is 0 Å². The molecule has 18 heavy (non-hydrogen) atoms. The van der Waals surface area contributed by atoms with Gasteiger partial charge in [-0.05, 0) is 26.7 Å². The minimum atomic E-state index is -3.79. The van der Waals surface area contributed by atoms with Gasteiger partial charge in [0.1, 0.15) is 11.6 Å². The SMILES string of the molecule is CC(C)[C@@H](NS(=O)(=O)CC#N)C(=O)OC(C)(C)C. The molecule has 0 unspecified atom stereocenters. The molecule has 0 bridgehead atoms. The van der Waals surface area contributed by atoms with E-state index in [2.05, 4.69) is 4.72 Å². The first kappa shape index (κ1) is 16.9. The maximum absolute atomic E-state index is 11.9. The van der Waals surface area contributed by atoms with Crippen LogP contribution in [-0.2, 0) is 19.6 Å². The molecule has 0 saturated carbocycles. The monoisotopic (exact) mass is 276 g/mol. The molecule has 0 amide bonds. The molecule has 0 aromatic carbocycles. The first-order chi connectivity index (χ1) is 7.98. The second kappa shape index (κ2) is 6.16. The van der Waals surface area contributed by atoms with E-state index >= 15 is 0 Å². The first-order valence-corrected chi connectivity index (χ1v) is 7.23. The Kier molecular flexibility index (Phi) is 5.77. The number of rotatable bonds is 5. The number of hydrogen-bond acceptors (Lipinski definition) is 5. The fraction of sp³-hybridized carbons (Fsp3) is 0.818. The summed E-state index contributed by atoms with van der Waals surface area (Å²) in [6.45, 7) is 8.50. The summed E-state index contributed by atoms with van der Waals surface area (Å²) in [6.07, 6.45) is 0. The maximum Gasteiger partial charge on any atom is 0.324 e. The van der Waals surface area contributed by atoms with Gasteiger partial charge in [0.15, 0.2) is 5.75 Å². The van der Waals surface area contributed by atoms with Gasteiger partial charge in [0, 0.05) is 0 Å². The average Bonchev–Trinajstić information content (AvgIpc) is 2.10. The van der Waals surface area contributed by atoms with Gasteiger partial charge in [0.05, 0.1) is 6.07 Å². The standard InChI is InChI=1S/C11H20N2O4S/c1-8(2)9(10(14)17-11(3,4)5)13-18(15,16)7-6-12/h8-9,13H,7H2,1-5H3/t9-/m1/s1. The number of nitrogens with one attached hydrogen (secondary N) is 1. The quantitative estimate of drug-likeness (QED) is 0.749. The van der Waals surface area contributed by atoms with E-state index in [9.17, 15) is 13.2 Å². The molecule has 0 aromatic heterocycles. The van der Waals surface area contributed by atoms with Gasteiger partial charge in [-0.1, -0.05) is 13.8 Å². The zero-order chi connectivity index (χ0) is 14.6. The number of nitrogens with zero attached hydrogens (tertiary/aromatic N) is 1. The van der Waals surface area contributed by atoms with E-state index in [1.807, 2.05) is 0 Å². The topological polar surface area (TPSA) is 96.3 Å². The summed E-state index contributed by atoms with van der Waals surface area (Å²) >= 11 is 0. The molecule has 0 saturated heterocycles. The number of ether oxygens (including phenoxy) is 1. The van der Waals surface area contributed by atoms with Crippen molar-refractivity contribution >= 4 is 16.0 Å². The Hall–Kier alpha value is -1.13. The Morgan fingerprint density at radius 1 is 1.39 bits per heavy atom. The Bertz CT molecular complexity index is 429. The van der Waals surface area contributed by atoms with Crippen molar-refractivity contribution in [1.29, 1.82) is 5.26 Å². The molecule has 0 aliphatic carbocycles. The van der Waals surface area contributed by atoms with Gasteiger partial charge in [0.2, 0.25) is 10.0 Å². The predicted octanol–water partition coefficient (Wildman–Crippen LogP) is 0.796. The Labute approximate surface area is 108 Å². The number of carbonyl (C=O) groups excluding carboxylic acids is 1. The highest BCUT2D eigenvalue weighted by atomic mass is 32.2. The van der Waals surface area contributed by atoms with Crippen LogP contribution < -0.4 is 4.72 Å². The molecular formula is C11H20N2O4S. The lowest BCUT2D eigenvalue weighted by Gasteiger charge is -2.26. The van der Waals surface area contributed by atoms with E-state index in [1.165, 1.54) is 6.07 Å². The lowest BCUT2D eigenvalue weighted by molar-refractivity contribution is -0.158. The number of nitriles is 1. The third kappa shape index (κ3) is 6.57. The van der Waals surface area contributed by atoms with Gasteiger partial charge >= 0.3 is 5.97 Å². The van der Waals surface area contributed by atoms with Crippen molar-refractivity contribution in [2.24, 2.45) is 5.92 Å². The second-order valence-electron chi connectivity index (χ2n) is 5.29. The molecular weight excluding hydrogens is 256 g/mol. The molecule has 1 N–H and O–H groups in total. The van der Waals surface area contributed by atoms with Crippen LogP contribution in [0.1, 0.15) is 34.6 Å². The highest BCUT2D eigenvalue weighted by Crippen LogP contribution is 2.13. The predicted molar refractivity (Wildman–Crippen MR) is 67.0 cm³/mol. The van der Waals surface area contributed by atoms with Crippen LogP contribution in [0.15, 0.2) is 0 Å². The van der Waals surface area contributed by atoms with Crippen LogP contribution in [0.25, 0.3) is 0 Å². The molecule has 104 valence electrons. The Morgan fingerprint density at radius 2 is 1.89 bits per heavy atom. The van der Waals surface area contributed by atoms with Crippen LogP contribution in [0.5, 0.6) is 0 Å². The Morgan fingerprint density at radius 3 is 2.22 bits per heavy atom. The normalized spacial score (nSPS) is 14.1. The molecule has 0 fully saturated rings. The molecule has 0 rings (SSSR count). The minimum absolute atomic E-state index is 0.270. The van der Waals surface area contributed by atoms with Crippen molar-refractivity contribution in [2.45, 2.75) is 46.3 Å². The summed E-state index contributed by atoms with van der Waals surface area (Å²) in [7, 11) is -3.79. The van der Waals surface area contributed by atoms with Crippen molar-refractivity contribution < 1.29 is 17.9 Å². The van der Waals surface area contributed by atoms with E-state index in [-0.39, 0.29) is 5.92 Å². The largest absolute Gasteiger partial charge is 0.459 e. The zero-order valence-corrected chi connectivity index (χ0v) is 12.2. The average molecular weight is 276 g/mol. The fourth-order valence-corrected chi connectivity index (χ4v) is 2.15. The maximum atomic E-state index is 11.9. The van der Waals surface area contributed by atoms with Crippen LogP contribution in [0.4, 0.5) is 0 Å². The van der Waals surface area contributed by atoms with E-state index in [0.717, 1.165) is 0 Å². The van der Waals surface area contributed by atoms with Gasteiger partial charge in [-0.15, -0.1) is 0 Å². The first-order valence-electron chi connectivity index (χ1n) is 5.58. The number of esters is 1. The van der Waals surface area contributed by atoms with Gasteiger partial charge in [-0.3, -0.25) is 4.79 Å². The summed E-state index contributed by atoms with van der Waals surface area (Å²) in [5.41, 5.74) is -0.690. The lowest BCUT2D eigenvalue weighted by atomic mass is 10.1. The zero-order valence-electron chi connectivity index (χ0n) is 11.4. The van der Waals surface area contributed by atoms with Gasteiger partial charge in [-0.25, -0.2) is 8.42 Å². The smallest absolute Gasteiger partial charge is 0.324 e. The summed E-state index contributed by atoms with van der Waals surface area (Å²) in [6, 6.07) is 0.553. The molecule has 0 aliphatic heterocycles. The van der Waals surface area contributed by atoms with Crippen molar-refractivity contribution in [3.05, 3.63) is 0 Å². The fourth-order valence-electron chi connectivity index (χ4n) is 1.14. The summed E-state index contributed by atoms with van der Waals surface area (Å²) < 4.78 is 30.3. The summed E-state index contributed by atoms with van der Waals surface area (Å²) in [5.74, 6) is -1.59. The van der Waals surface area contributed by atoms with E-state index < -0.39 is 33.4 Å². The Balaban J connectivity index is 4.91. The number of sulfonamides is 1. The van der Waals surface area contributed by atoms with Crippen molar-refractivity contribution in [3.8, 4) is 6.07 Å². The van der Waals surface area contributed by atoms with Crippen LogP contribution in [0.3, 0.4) is 0 Å². The molecule has 0 radical (unpaired) electrons. The molecule has 7 heteroatoms. The number of hydrogen-bond donors (Lipinski definition) is 1. The summed E-state index contributed by atoms with van der Waals surface area (Å²) in [4.78, 5) is 11.9. The van der Waals surface area contributed by atoms with E-state index in [1.54, 1.807) is 34.6 Å². The third-order valence-electron chi connectivity index (χ3n) is 1.89. The van der Waals surface area contributed by atoms with Gasteiger partial charge < -0.3 is 4.74 Å². The highest BCUT2D eigenvalue weighted by molar-refractivity contribution is 7.89. The lowest BCUT2D eigenvalue weighted by Crippen LogP contribution is -2.47. The molecule has 0 heterocycles.